The first-order valence-electron chi connectivity index (χ1n) is 8.65. The van der Waals surface area contributed by atoms with Crippen molar-refractivity contribution in [2.45, 2.75) is 6.92 Å². The van der Waals surface area contributed by atoms with Gasteiger partial charge in [-0.25, -0.2) is 0 Å². The quantitative estimate of drug-likeness (QED) is 0.425. The lowest BCUT2D eigenvalue weighted by atomic mass is 10.1. The van der Waals surface area contributed by atoms with Gasteiger partial charge in [0.2, 0.25) is 5.91 Å². The van der Waals surface area contributed by atoms with Crippen molar-refractivity contribution >= 4 is 40.5 Å². The molecule has 1 heterocycles. The molecule has 0 spiro atoms. The minimum Gasteiger partial charge on any atom is -0.493 e. The van der Waals surface area contributed by atoms with Gasteiger partial charge in [0.05, 0.1) is 16.9 Å². The maximum atomic E-state index is 12.0. The predicted octanol–water partition coefficient (Wildman–Crippen LogP) is 3.37. The molecule has 31 heavy (non-hydrogen) atoms. The van der Waals surface area contributed by atoms with Crippen LogP contribution in [0.1, 0.15) is 18.1 Å². The number of nitro benzene ring substituents is 1. The molecular formula is C20H14N4O6S. The van der Waals surface area contributed by atoms with Crippen LogP contribution < -0.4 is 14.8 Å². The van der Waals surface area contributed by atoms with Crippen LogP contribution in [0.4, 0.5) is 5.69 Å². The van der Waals surface area contributed by atoms with Crippen LogP contribution in [-0.4, -0.2) is 29.0 Å². The van der Waals surface area contributed by atoms with Crippen LogP contribution in [0.25, 0.3) is 6.08 Å². The second kappa shape index (κ2) is 9.10. The first-order chi connectivity index (χ1) is 14.8. The summed E-state index contributed by atoms with van der Waals surface area (Å²) >= 11 is 1.04. The van der Waals surface area contributed by atoms with Crippen LogP contribution >= 0.6 is 11.8 Å². The van der Waals surface area contributed by atoms with Gasteiger partial charge >= 0.3 is 0 Å². The predicted molar refractivity (Wildman–Crippen MR) is 113 cm³/mol. The molecule has 0 radical (unpaired) electrons. The van der Waals surface area contributed by atoms with Crippen LogP contribution in [0, 0.1) is 21.4 Å². The van der Waals surface area contributed by atoms with E-state index in [4.69, 9.17) is 9.47 Å². The summed E-state index contributed by atoms with van der Waals surface area (Å²) < 4.78 is 11.1. The molecule has 0 fully saturated rings. The minimum absolute atomic E-state index is 0.00181. The number of nitrogens with zero attached hydrogens (tertiary/aromatic N) is 3. The van der Waals surface area contributed by atoms with Gasteiger partial charge in [-0.05, 0) is 41.6 Å². The highest BCUT2D eigenvalue weighted by Gasteiger charge is 2.23. The SMILES string of the molecule is COc1cc(/C=C2\SC(NC(C)=O)=NC2=O)ccc1Oc1ccc([N+](=O)[O-])cc1C#N. The van der Waals surface area contributed by atoms with Gasteiger partial charge in [-0.3, -0.25) is 19.7 Å². The Labute approximate surface area is 180 Å². The fourth-order valence-electron chi connectivity index (χ4n) is 2.55. The number of rotatable bonds is 5. The average molecular weight is 438 g/mol. The number of nitro groups is 1. The van der Waals surface area contributed by atoms with Crippen molar-refractivity contribution in [1.82, 2.24) is 5.32 Å². The number of carbonyl (C=O) groups excluding carboxylic acids is 2. The number of ether oxygens (including phenoxy) is 2. The molecule has 2 aromatic carbocycles. The molecule has 0 aromatic heterocycles. The van der Waals surface area contributed by atoms with E-state index in [0.717, 1.165) is 17.8 Å². The zero-order valence-corrected chi connectivity index (χ0v) is 17.1. The first kappa shape index (κ1) is 21.5. The van der Waals surface area contributed by atoms with Crippen LogP contribution in [0.3, 0.4) is 0 Å². The Bertz CT molecular complexity index is 1200. The normalized spacial score (nSPS) is 14.0. The van der Waals surface area contributed by atoms with Gasteiger partial charge in [-0.2, -0.15) is 10.3 Å². The maximum Gasteiger partial charge on any atom is 0.286 e. The standard InChI is InChI=1S/C20H14N4O6S/c1-11(25)22-20-23-19(26)18(31-20)8-12-3-5-16(17(7-12)29-2)30-15-6-4-14(24(27)28)9-13(15)10-21/h3-9H,1-2H3,(H,22,23,25,26)/b18-8-. The number of hydrogen-bond acceptors (Lipinski definition) is 8. The Morgan fingerprint density at radius 3 is 2.65 bits per heavy atom. The van der Waals surface area contributed by atoms with E-state index in [1.165, 1.54) is 26.2 Å². The summed E-state index contributed by atoms with van der Waals surface area (Å²) in [4.78, 5) is 37.5. The summed E-state index contributed by atoms with van der Waals surface area (Å²) in [6.07, 6.45) is 1.59. The van der Waals surface area contributed by atoms with Crippen LogP contribution in [0.5, 0.6) is 17.2 Å². The van der Waals surface area contributed by atoms with Crippen molar-refractivity contribution in [3.63, 3.8) is 0 Å². The van der Waals surface area contributed by atoms with E-state index < -0.39 is 10.8 Å². The van der Waals surface area contributed by atoms with E-state index in [1.807, 2.05) is 6.07 Å². The van der Waals surface area contributed by atoms with Crippen molar-refractivity contribution in [3.8, 4) is 23.3 Å². The zero-order valence-electron chi connectivity index (χ0n) is 16.2. The molecule has 1 aliphatic heterocycles. The van der Waals surface area contributed by atoms with Gasteiger partial charge in [0.15, 0.2) is 16.7 Å². The van der Waals surface area contributed by atoms with E-state index in [9.17, 15) is 25.0 Å². The Kier molecular flexibility index (Phi) is 6.32. The molecule has 0 saturated carbocycles. The van der Waals surface area contributed by atoms with Crippen molar-refractivity contribution in [3.05, 3.63) is 62.5 Å². The Hall–Kier alpha value is -4.17. The van der Waals surface area contributed by atoms with Gasteiger partial charge in [0.25, 0.3) is 11.6 Å². The van der Waals surface area contributed by atoms with Gasteiger partial charge < -0.3 is 14.8 Å². The summed E-state index contributed by atoms with van der Waals surface area (Å²) in [5, 5.41) is 22.8. The zero-order chi connectivity index (χ0) is 22.5. The number of methoxy groups -OCH3 is 1. The fourth-order valence-corrected chi connectivity index (χ4v) is 3.41. The van der Waals surface area contributed by atoms with Gasteiger partial charge in [0.1, 0.15) is 17.4 Å². The second-order valence-corrected chi connectivity index (χ2v) is 7.11. The summed E-state index contributed by atoms with van der Waals surface area (Å²) in [6, 6.07) is 10.4. The lowest BCUT2D eigenvalue weighted by molar-refractivity contribution is -0.384. The minimum atomic E-state index is -0.600. The number of nitriles is 1. The smallest absolute Gasteiger partial charge is 0.286 e. The molecule has 1 aliphatic rings. The van der Waals surface area contributed by atoms with Crippen molar-refractivity contribution in [2.75, 3.05) is 7.11 Å². The highest BCUT2D eigenvalue weighted by molar-refractivity contribution is 8.18. The lowest BCUT2D eigenvalue weighted by Gasteiger charge is -2.12. The van der Waals surface area contributed by atoms with Crippen molar-refractivity contribution < 1.29 is 24.0 Å². The molecular weight excluding hydrogens is 424 g/mol. The molecule has 2 aromatic rings. The molecule has 0 bridgehead atoms. The number of hydrogen-bond donors (Lipinski definition) is 1. The van der Waals surface area contributed by atoms with Crippen molar-refractivity contribution in [1.29, 1.82) is 5.26 Å². The summed E-state index contributed by atoms with van der Waals surface area (Å²) in [6.45, 7) is 1.32. The lowest BCUT2D eigenvalue weighted by Crippen LogP contribution is -2.23. The average Bonchev–Trinajstić information content (AvgIpc) is 3.06. The summed E-state index contributed by atoms with van der Waals surface area (Å²) in [5.41, 5.74) is 0.388. The van der Waals surface area contributed by atoms with Crippen LogP contribution in [0.15, 0.2) is 46.3 Å². The molecule has 2 amide bonds. The molecule has 0 aliphatic carbocycles. The number of aliphatic imine (C=N–C) groups is 1. The number of thioether (sulfide) groups is 1. The van der Waals surface area contributed by atoms with Gasteiger partial charge in [-0.1, -0.05) is 6.07 Å². The third-order valence-electron chi connectivity index (χ3n) is 3.90. The number of carbonyl (C=O) groups is 2. The first-order valence-corrected chi connectivity index (χ1v) is 9.47. The highest BCUT2D eigenvalue weighted by atomic mass is 32.2. The van der Waals surface area contributed by atoms with E-state index in [0.29, 0.717) is 16.2 Å². The molecule has 0 saturated heterocycles. The summed E-state index contributed by atoms with van der Waals surface area (Å²) in [5.74, 6) is -0.0814. The molecule has 1 N–H and O–H groups in total. The molecule has 11 heteroatoms. The largest absolute Gasteiger partial charge is 0.493 e. The van der Waals surface area contributed by atoms with E-state index in [2.05, 4.69) is 10.3 Å². The molecule has 10 nitrogen and oxygen atoms in total. The van der Waals surface area contributed by atoms with Gasteiger partial charge in [0, 0.05) is 19.1 Å². The number of nitrogens with one attached hydrogen (secondary N) is 1. The number of benzene rings is 2. The summed E-state index contributed by atoms with van der Waals surface area (Å²) in [7, 11) is 1.42. The van der Waals surface area contributed by atoms with Gasteiger partial charge in [-0.15, -0.1) is 0 Å². The van der Waals surface area contributed by atoms with E-state index in [1.54, 1.807) is 24.3 Å². The monoisotopic (exact) mass is 438 g/mol. The van der Waals surface area contributed by atoms with Crippen LogP contribution in [0.2, 0.25) is 0 Å². The fraction of sp³-hybridized carbons (Fsp3) is 0.100. The van der Waals surface area contributed by atoms with E-state index >= 15 is 0 Å². The Morgan fingerprint density at radius 1 is 1.26 bits per heavy atom. The molecule has 0 atom stereocenters. The Morgan fingerprint density at radius 2 is 2.00 bits per heavy atom. The van der Waals surface area contributed by atoms with Crippen molar-refractivity contribution in [2.24, 2.45) is 4.99 Å². The number of amides is 2. The number of non-ortho nitro benzene ring substituents is 1. The molecule has 3 rings (SSSR count). The molecule has 156 valence electrons. The Balaban J connectivity index is 1.85. The third kappa shape index (κ3) is 5.06. The molecule has 0 unspecified atom stereocenters. The maximum absolute atomic E-state index is 12.0. The number of amidine groups is 1. The van der Waals surface area contributed by atoms with E-state index in [-0.39, 0.29) is 33.8 Å². The topological polar surface area (TPSA) is 144 Å². The second-order valence-electron chi connectivity index (χ2n) is 6.08. The third-order valence-corrected chi connectivity index (χ3v) is 4.80. The van der Waals surface area contributed by atoms with Crippen LogP contribution in [-0.2, 0) is 9.59 Å². The highest BCUT2D eigenvalue weighted by Crippen LogP contribution is 2.36.